The van der Waals surface area contributed by atoms with Gasteiger partial charge in [-0.15, -0.1) is 0 Å². The normalized spacial score (nSPS) is 47.2. The second-order valence-corrected chi connectivity index (χ2v) is 5.07. The minimum absolute atomic E-state index is 0.298. The minimum atomic E-state index is 0.298. The van der Waals surface area contributed by atoms with Crippen LogP contribution >= 0.6 is 0 Å². The van der Waals surface area contributed by atoms with Crippen molar-refractivity contribution in [3.8, 4) is 0 Å². The van der Waals surface area contributed by atoms with Gasteiger partial charge in [0.15, 0.2) is 0 Å². The third kappa shape index (κ3) is 0.644. The molecule has 2 nitrogen and oxygen atoms in total. The summed E-state index contributed by atoms with van der Waals surface area (Å²) in [4.78, 5) is 0. The number of nitrogens with two attached hydrogens (primary N) is 1. The molecule has 2 aliphatic rings. The molecule has 2 fully saturated rings. The molecule has 0 heterocycles. The lowest BCUT2D eigenvalue weighted by Crippen LogP contribution is -2.33. The zero-order chi connectivity index (χ0) is 8.98. The molecule has 0 aromatic rings. The zero-order valence-electron chi connectivity index (χ0n) is 8.22. The van der Waals surface area contributed by atoms with E-state index in [1.54, 1.807) is 0 Å². The van der Waals surface area contributed by atoms with Gasteiger partial charge in [0, 0.05) is 11.1 Å². The quantitative estimate of drug-likeness (QED) is 0.434. The van der Waals surface area contributed by atoms with Crippen LogP contribution in [0.4, 0.5) is 0 Å². The van der Waals surface area contributed by atoms with Gasteiger partial charge in [0.05, 0.1) is 0 Å². The topological polar surface area (TPSA) is 38.4 Å². The monoisotopic (exact) mass is 166 g/mol. The Kier molecular flexibility index (Phi) is 1.37. The van der Waals surface area contributed by atoms with E-state index in [1.165, 1.54) is 18.6 Å². The van der Waals surface area contributed by atoms with E-state index in [1.807, 2.05) is 0 Å². The summed E-state index contributed by atoms with van der Waals surface area (Å²) in [6.45, 7) is 7.05. The van der Waals surface area contributed by atoms with Crippen LogP contribution in [0.15, 0.2) is 5.10 Å². The van der Waals surface area contributed by atoms with Crippen LogP contribution in [-0.4, -0.2) is 5.71 Å². The minimum Gasteiger partial charge on any atom is -0.323 e. The summed E-state index contributed by atoms with van der Waals surface area (Å²) in [5.41, 5.74) is 1.97. The zero-order valence-corrected chi connectivity index (χ0v) is 8.22. The number of nitrogens with zero attached hydrogens (tertiary/aromatic N) is 1. The van der Waals surface area contributed by atoms with E-state index >= 15 is 0 Å². The first-order valence-corrected chi connectivity index (χ1v) is 4.79. The predicted octanol–water partition coefficient (Wildman–Crippen LogP) is 2.15. The maximum atomic E-state index is 5.41. The second-order valence-electron chi connectivity index (χ2n) is 5.07. The van der Waals surface area contributed by atoms with E-state index < -0.39 is 0 Å². The molecule has 68 valence electrons. The summed E-state index contributed by atoms with van der Waals surface area (Å²) in [5.74, 6) is 6.24. The number of hydrogen-bond donors (Lipinski definition) is 1. The van der Waals surface area contributed by atoms with Crippen LogP contribution in [-0.2, 0) is 0 Å². The smallest absolute Gasteiger partial charge is 0.0443 e. The van der Waals surface area contributed by atoms with Crippen molar-refractivity contribution in [3.63, 3.8) is 0 Å². The molecule has 12 heavy (non-hydrogen) atoms. The average Bonchev–Trinajstić information content (AvgIpc) is 2.34. The fourth-order valence-electron chi connectivity index (χ4n) is 3.12. The highest BCUT2D eigenvalue weighted by molar-refractivity contribution is 5.94. The molecule has 2 saturated carbocycles. The number of rotatable bonds is 0. The molecule has 2 heteroatoms. The van der Waals surface area contributed by atoms with Gasteiger partial charge >= 0.3 is 0 Å². The van der Waals surface area contributed by atoms with Crippen LogP contribution in [0.1, 0.15) is 40.0 Å². The molecule has 0 spiro atoms. The van der Waals surface area contributed by atoms with Gasteiger partial charge in [0.2, 0.25) is 0 Å². The molecule has 2 bridgehead atoms. The molecule has 0 amide bonds. The van der Waals surface area contributed by atoms with Crippen LogP contribution in [0.25, 0.3) is 0 Å². The summed E-state index contributed by atoms with van der Waals surface area (Å²) in [6, 6.07) is 0. The van der Waals surface area contributed by atoms with Crippen molar-refractivity contribution in [1.29, 1.82) is 0 Å². The van der Waals surface area contributed by atoms with E-state index in [4.69, 9.17) is 5.84 Å². The van der Waals surface area contributed by atoms with Crippen molar-refractivity contribution in [2.24, 2.45) is 27.7 Å². The maximum Gasteiger partial charge on any atom is 0.0443 e. The molecule has 2 atom stereocenters. The van der Waals surface area contributed by atoms with E-state index in [0.717, 1.165) is 12.3 Å². The van der Waals surface area contributed by atoms with Gasteiger partial charge in [0.25, 0.3) is 0 Å². The van der Waals surface area contributed by atoms with Crippen molar-refractivity contribution in [3.05, 3.63) is 0 Å². The highest BCUT2D eigenvalue weighted by Crippen LogP contribution is 2.63. The van der Waals surface area contributed by atoms with Crippen molar-refractivity contribution in [2.75, 3.05) is 0 Å². The van der Waals surface area contributed by atoms with Gasteiger partial charge in [0.1, 0.15) is 0 Å². The summed E-state index contributed by atoms with van der Waals surface area (Å²) in [5, 5.41) is 3.95. The lowest BCUT2D eigenvalue weighted by molar-refractivity contribution is 0.194. The molecule has 0 aromatic heterocycles. The first kappa shape index (κ1) is 8.09. The summed E-state index contributed by atoms with van der Waals surface area (Å²) < 4.78 is 0. The van der Waals surface area contributed by atoms with Crippen LogP contribution in [0, 0.1) is 16.7 Å². The van der Waals surface area contributed by atoms with Crippen LogP contribution in [0.3, 0.4) is 0 Å². The van der Waals surface area contributed by atoms with Crippen molar-refractivity contribution in [1.82, 2.24) is 0 Å². The number of hydrazone groups is 1. The lowest BCUT2D eigenvalue weighted by Gasteiger charge is -2.34. The van der Waals surface area contributed by atoms with Gasteiger partial charge in [-0.05, 0) is 30.6 Å². The van der Waals surface area contributed by atoms with Crippen molar-refractivity contribution >= 4 is 5.71 Å². The molecule has 0 unspecified atom stereocenters. The Bertz CT molecular complexity index is 242. The van der Waals surface area contributed by atoms with E-state index in [2.05, 4.69) is 25.9 Å². The summed E-state index contributed by atoms with van der Waals surface area (Å²) in [7, 11) is 0. The first-order chi connectivity index (χ1) is 5.52. The molecule has 0 aromatic carbocycles. The van der Waals surface area contributed by atoms with Crippen LogP contribution in [0.2, 0.25) is 0 Å². The van der Waals surface area contributed by atoms with Crippen molar-refractivity contribution in [2.45, 2.75) is 40.0 Å². The summed E-state index contributed by atoms with van der Waals surface area (Å²) >= 11 is 0. The average molecular weight is 166 g/mol. The van der Waals surface area contributed by atoms with Gasteiger partial charge < -0.3 is 5.84 Å². The Morgan fingerprint density at radius 3 is 2.33 bits per heavy atom. The molecule has 0 aliphatic heterocycles. The van der Waals surface area contributed by atoms with E-state index in [9.17, 15) is 0 Å². The fraction of sp³-hybridized carbons (Fsp3) is 0.900. The SMILES string of the molecule is CC1(C)[C@@H]2CC[C@]1(C)/C(=N\N)C2. The van der Waals surface area contributed by atoms with Gasteiger partial charge in [-0.1, -0.05) is 20.8 Å². The summed E-state index contributed by atoms with van der Waals surface area (Å²) in [6.07, 6.45) is 3.78. The number of hydrogen-bond acceptors (Lipinski definition) is 2. The predicted molar refractivity (Wildman–Crippen MR) is 50.9 cm³/mol. The fourth-order valence-corrected chi connectivity index (χ4v) is 3.12. The highest BCUT2D eigenvalue weighted by Gasteiger charge is 2.59. The van der Waals surface area contributed by atoms with Crippen LogP contribution < -0.4 is 5.84 Å². The molecule has 0 saturated heterocycles. The Hall–Kier alpha value is -0.530. The number of fused-ring (bicyclic) bond motifs is 2. The van der Waals surface area contributed by atoms with Crippen molar-refractivity contribution < 1.29 is 0 Å². The Morgan fingerprint density at radius 2 is 2.08 bits per heavy atom. The van der Waals surface area contributed by atoms with Gasteiger partial charge in [-0.2, -0.15) is 5.10 Å². The lowest BCUT2D eigenvalue weighted by atomic mass is 9.70. The standard InChI is InChI=1S/C10H18N2/c1-9(2)7-4-5-10(9,3)8(6-7)12-11/h7H,4-6,11H2,1-3H3/b12-8-/t7-,10-/m1/s1. The maximum absolute atomic E-state index is 5.41. The first-order valence-electron chi connectivity index (χ1n) is 4.79. The third-order valence-corrected chi connectivity index (χ3v) is 4.67. The van der Waals surface area contributed by atoms with Gasteiger partial charge in [-0.3, -0.25) is 0 Å². The second kappa shape index (κ2) is 2.04. The van der Waals surface area contributed by atoms with E-state index in [0.29, 0.717) is 10.8 Å². The Labute approximate surface area is 74.2 Å². The molecule has 2 aliphatic carbocycles. The van der Waals surface area contributed by atoms with Gasteiger partial charge in [-0.25, -0.2) is 0 Å². The third-order valence-electron chi connectivity index (χ3n) is 4.67. The molecule has 2 rings (SSSR count). The molecule has 2 N–H and O–H groups in total. The largest absolute Gasteiger partial charge is 0.323 e. The molecule has 0 radical (unpaired) electrons. The Balaban J connectivity index is 2.46. The van der Waals surface area contributed by atoms with Crippen LogP contribution in [0.5, 0.6) is 0 Å². The molecular formula is C10H18N2. The highest BCUT2D eigenvalue weighted by atomic mass is 15.1. The van der Waals surface area contributed by atoms with E-state index in [-0.39, 0.29) is 0 Å². The Morgan fingerprint density at radius 1 is 1.42 bits per heavy atom. The molecular weight excluding hydrogens is 148 g/mol.